The summed E-state index contributed by atoms with van der Waals surface area (Å²) in [6.07, 6.45) is 0. The Labute approximate surface area is 108 Å². The number of carbonyl (C=O) groups is 1. The second-order valence-electron chi connectivity index (χ2n) is 1.15. The fourth-order valence-corrected chi connectivity index (χ4v) is 0.442. The molecule has 0 aliphatic rings. The SMILES string of the molecule is O=C([O-])CNS(=O)(=O)[O-].[Na+].[Na+]. The quantitative estimate of drug-likeness (QED) is 0.358. The van der Waals surface area contributed by atoms with Crippen molar-refractivity contribution in [3.05, 3.63) is 0 Å². The second kappa shape index (κ2) is 7.96. The van der Waals surface area contributed by atoms with Gasteiger partial charge in [-0.1, -0.05) is 0 Å². The van der Waals surface area contributed by atoms with Crippen LogP contribution in [0.1, 0.15) is 0 Å². The maximum Gasteiger partial charge on any atom is 1.00 e. The number of hydrogen-bond donors (Lipinski definition) is 1. The molecule has 0 heterocycles. The maximum absolute atomic E-state index is 9.58. The number of carbonyl (C=O) groups excluding carboxylic acids is 1. The van der Waals surface area contributed by atoms with Crippen LogP contribution in [0.5, 0.6) is 0 Å². The average Bonchev–Trinajstić information content (AvgIpc) is 1.59. The van der Waals surface area contributed by atoms with Crippen LogP contribution in [0.4, 0.5) is 0 Å². The molecule has 0 rings (SSSR count). The van der Waals surface area contributed by atoms with Crippen molar-refractivity contribution >= 4 is 16.3 Å². The summed E-state index contributed by atoms with van der Waals surface area (Å²) < 4.78 is 29.9. The third-order valence-electron chi connectivity index (χ3n) is 0.393. The Hall–Kier alpha value is 1.34. The predicted molar refractivity (Wildman–Crippen MR) is 22.7 cm³/mol. The number of nitrogens with one attached hydrogen (secondary N) is 1. The monoisotopic (exact) mass is 199 g/mol. The molecular formula is C2H3NNa2O5S. The van der Waals surface area contributed by atoms with Gasteiger partial charge in [0.2, 0.25) is 0 Å². The molecule has 0 aromatic heterocycles. The van der Waals surface area contributed by atoms with Crippen molar-refractivity contribution in [3.8, 4) is 0 Å². The fraction of sp³-hybridized carbons (Fsp3) is 0.500. The van der Waals surface area contributed by atoms with Crippen LogP contribution in [-0.4, -0.2) is 25.5 Å². The van der Waals surface area contributed by atoms with Gasteiger partial charge in [0.25, 0.3) is 0 Å². The molecule has 0 saturated heterocycles. The van der Waals surface area contributed by atoms with E-state index in [1.54, 1.807) is 0 Å². The zero-order chi connectivity index (χ0) is 7.49. The minimum atomic E-state index is -4.64. The molecule has 0 fully saturated rings. The molecule has 0 aliphatic carbocycles. The normalized spacial score (nSPS) is 9.18. The average molecular weight is 199 g/mol. The topological polar surface area (TPSA) is 109 Å². The molecule has 9 heteroatoms. The van der Waals surface area contributed by atoms with Gasteiger partial charge in [-0.05, 0) is 0 Å². The molecule has 54 valence electrons. The summed E-state index contributed by atoms with van der Waals surface area (Å²) in [4.78, 5) is 9.47. The summed E-state index contributed by atoms with van der Waals surface area (Å²) in [5.74, 6) is -1.64. The molecule has 0 bridgehead atoms. The molecule has 0 aromatic rings. The zero-order valence-electron chi connectivity index (χ0n) is 6.16. The fourth-order valence-electron chi connectivity index (χ4n) is 0.147. The van der Waals surface area contributed by atoms with Crippen LogP contribution in [0.25, 0.3) is 0 Å². The van der Waals surface area contributed by atoms with Crippen LogP contribution in [0, 0.1) is 0 Å². The molecule has 0 aromatic carbocycles. The number of hydrogen-bond acceptors (Lipinski definition) is 5. The van der Waals surface area contributed by atoms with E-state index in [0.29, 0.717) is 0 Å². The Kier molecular flexibility index (Phi) is 13.2. The van der Waals surface area contributed by atoms with Gasteiger partial charge in [0.15, 0.2) is 10.3 Å². The maximum atomic E-state index is 9.58. The predicted octanol–water partition coefficient (Wildman–Crippen LogP) is -9.21. The summed E-state index contributed by atoms with van der Waals surface area (Å²) in [5, 5.41) is 9.47. The van der Waals surface area contributed by atoms with Gasteiger partial charge < -0.3 is 14.5 Å². The van der Waals surface area contributed by atoms with Crippen molar-refractivity contribution in [1.82, 2.24) is 4.72 Å². The molecule has 0 aliphatic heterocycles. The van der Waals surface area contributed by atoms with Crippen molar-refractivity contribution in [2.75, 3.05) is 6.54 Å². The van der Waals surface area contributed by atoms with Crippen LogP contribution in [-0.2, 0) is 15.1 Å². The van der Waals surface area contributed by atoms with Gasteiger partial charge in [-0.3, -0.25) is 0 Å². The van der Waals surface area contributed by atoms with E-state index in [1.165, 1.54) is 4.72 Å². The van der Waals surface area contributed by atoms with Gasteiger partial charge in [0.05, 0.1) is 5.97 Å². The van der Waals surface area contributed by atoms with E-state index in [-0.39, 0.29) is 59.1 Å². The Morgan fingerprint density at radius 3 is 1.82 bits per heavy atom. The van der Waals surface area contributed by atoms with E-state index >= 15 is 0 Å². The first-order valence-corrected chi connectivity index (χ1v) is 3.23. The molecule has 0 spiro atoms. The molecule has 1 N–H and O–H groups in total. The molecule has 0 amide bonds. The molecule has 6 nitrogen and oxygen atoms in total. The van der Waals surface area contributed by atoms with Crippen LogP contribution >= 0.6 is 0 Å². The largest absolute Gasteiger partial charge is 1.00 e. The van der Waals surface area contributed by atoms with Crippen molar-refractivity contribution in [1.29, 1.82) is 0 Å². The molecular weight excluding hydrogens is 196 g/mol. The standard InChI is InChI=1S/C2H5NO5S.2Na/c4-2(5)1-3-9(6,7)8;;/h3H,1H2,(H,4,5)(H,6,7,8);;/q;2*+1/p-2. The van der Waals surface area contributed by atoms with Gasteiger partial charge in [0, 0.05) is 6.54 Å². The summed E-state index contributed by atoms with van der Waals surface area (Å²) in [5.41, 5.74) is 0. The summed E-state index contributed by atoms with van der Waals surface area (Å²) >= 11 is 0. The molecule has 0 radical (unpaired) electrons. The molecule has 0 atom stereocenters. The smallest absolute Gasteiger partial charge is 0.735 e. The van der Waals surface area contributed by atoms with Crippen LogP contribution in [0.15, 0.2) is 0 Å². The summed E-state index contributed by atoms with van der Waals surface area (Å²) in [6.45, 7) is -0.980. The molecule has 0 unspecified atom stereocenters. The second-order valence-corrected chi connectivity index (χ2v) is 2.34. The number of rotatable bonds is 3. The van der Waals surface area contributed by atoms with Crippen molar-refractivity contribution in [2.45, 2.75) is 0 Å². The van der Waals surface area contributed by atoms with Gasteiger partial charge in [0.1, 0.15) is 0 Å². The Morgan fingerprint density at radius 2 is 1.73 bits per heavy atom. The first-order chi connectivity index (χ1) is 3.92. The van der Waals surface area contributed by atoms with Crippen molar-refractivity contribution < 1.29 is 82.0 Å². The van der Waals surface area contributed by atoms with E-state index in [2.05, 4.69) is 0 Å². The van der Waals surface area contributed by atoms with Crippen molar-refractivity contribution in [2.24, 2.45) is 0 Å². The Bertz CT molecular complexity index is 201. The minimum absolute atomic E-state index is 0. The first-order valence-electron chi connectivity index (χ1n) is 1.82. The van der Waals surface area contributed by atoms with Gasteiger partial charge in [-0.2, -0.15) is 0 Å². The Balaban J connectivity index is -0.000000320. The van der Waals surface area contributed by atoms with E-state index in [1.807, 2.05) is 0 Å². The van der Waals surface area contributed by atoms with Gasteiger partial charge in [-0.15, -0.1) is 0 Å². The zero-order valence-corrected chi connectivity index (χ0v) is 11.0. The van der Waals surface area contributed by atoms with E-state index < -0.39 is 22.8 Å². The van der Waals surface area contributed by atoms with Gasteiger partial charge in [-0.25, -0.2) is 13.1 Å². The van der Waals surface area contributed by atoms with Crippen LogP contribution in [0.2, 0.25) is 0 Å². The van der Waals surface area contributed by atoms with Gasteiger partial charge >= 0.3 is 59.1 Å². The summed E-state index contributed by atoms with van der Waals surface area (Å²) in [6, 6.07) is 0. The number of carboxylic acid groups (broad SMARTS) is 1. The minimum Gasteiger partial charge on any atom is -0.735 e. The molecule has 11 heavy (non-hydrogen) atoms. The van der Waals surface area contributed by atoms with E-state index in [4.69, 9.17) is 0 Å². The van der Waals surface area contributed by atoms with E-state index in [0.717, 1.165) is 0 Å². The first kappa shape index (κ1) is 18.2. The third kappa shape index (κ3) is 18.4. The number of aliphatic carboxylic acids is 1. The summed E-state index contributed by atoms with van der Waals surface area (Å²) in [7, 11) is -4.64. The third-order valence-corrected chi connectivity index (χ3v) is 0.891. The van der Waals surface area contributed by atoms with Crippen LogP contribution < -0.4 is 68.9 Å². The molecule has 0 saturated carbocycles. The van der Waals surface area contributed by atoms with E-state index in [9.17, 15) is 22.9 Å². The van der Waals surface area contributed by atoms with Crippen LogP contribution in [0.3, 0.4) is 0 Å². The number of carboxylic acids is 1. The van der Waals surface area contributed by atoms with Crippen molar-refractivity contribution in [3.63, 3.8) is 0 Å². The Morgan fingerprint density at radius 1 is 1.36 bits per heavy atom.